The van der Waals surface area contributed by atoms with E-state index in [1.54, 1.807) is 6.33 Å². The molecule has 1 aromatic carbocycles. The highest BCUT2D eigenvalue weighted by atomic mass is 15.3. The highest BCUT2D eigenvalue weighted by Gasteiger charge is 2.18. The minimum Gasteiger partial charge on any atom is -0.354 e. The van der Waals surface area contributed by atoms with Gasteiger partial charge in [-0.3, -0.25) is 0 Å². The summed E-state index contributed by atoms with van der Waals surface area (Å²) in [6, 6.07) is 8.67. The Hall–Kier alpha value is -2.14. The van der Waals surface area contributed by atoms with E-state index in [1.165, 1.54) is 16.8 Å². The third-order valence-corrected chi connectivity index (χ3v) is 5.42. The molecule has 5 heteroatoms. The number of aromatic nitrogens is 2. The number of piperazine rings is 1. The van der Waals surface area contributed by atoms with Crippen molar-refractivity contribution in [1.82, 2.24) is 14.9 Å². The van der Waals surface area contributed by atoms with Crippen molar-refractivity contribution in [2.75, 3.05) is 42.9 Å². The van der Waals surface area contributed by atoms with Gasteiger partial charge in [0.05, 0.1) is 0 Å². The summed E-state index contributed by atoms with van der Waals surface area (Å²) >= 11 is 0. The van der Waals surface area contributed by atoms with Crippen LogP contribution in [0.4, 0.5) is 17.3 Å². The van der Waals surface area contributed by atoms with Crippen LogP contribution in [0.1, 0.15) is 57.6 Å². The summed E-state index contributed by atoms with van der Waals surface area (Å²) in [5, 5.41) is 3.62. The van der Waals surface area contributed by atoms with E-state index >= 15 is 0 Å². The van der Waals surface area contributed by atoms with Gasteiger partial charge in [-0.25, -0.2) is 9.97 Å². The average Bonchev–Trinajstić information content (AvgIpc) is 2.68. The number of hydrogen-bond donors (Lipinski definition) is 1. The molecule has 27 heavy (non-hydrogen) atoms. The van der Waals surface area contributed by atoms with E-state index in [9.17, 15) is 0 Å². The lowest BCUT2D eigenvalue weighted by Crippen LogP contribution is -2.46. The molecule has 146 valence electrons. The fourth-order valence-electron chi connectivity index (χ4n) is 3.70. The zero-order valence-corrected chi connectivity index (χ0v) is 17.4. The van der Waals surface area contributed by atoms with Gasteiger partial charge in [0, 0.05) is 37.9 Å². The van der Waals surface area contributed by atoms with Gasteiger partial charge in [-0.1, -0.05) is 52.8 Å². The molecule has 0 bridgehead atoms. The molecule has 1 aromatic heterocycles. The van der Waals surface area contributed by atoms with E-state index in [0.717, 1.165) is 44.4 Å². The molecular weight excluding hydrogens is 334 g/mol. The minimum absolute atomic E-state index is 0.453. The lowest BCUT2D eigenvalue weighted by Gasteiger charge is -2.34. The van der Waals surface area contributed by atoms with Crippen LogP contribution < -0.4 is 10.2 Å². The molecule has 0 saturated carbocycles. The topological polar surface area (TPSA) is 44.3 Å². The predicted octanol–water partition coefficient (Wildman–Crippen LogP) is 4.61. The Morgan fingerprint density at radius 3 is 2.15 bits per heavy atom. The van der Waals surface area contributed by atoms with Crippen molar-refractivity contribution in [3.63, 3.8) is 0 Å². The lowest BCUT2D eigenvalue weighted by molar-refractivity contribution is 0.270. The molecule has 3 rings (SSSR count). The predicted molar refractivity (Wildman–Crippen MR) is 114 cm³/mol. The quantitative estimate of drug-likeness (QED) is 0.808. The minimum atomic E-state index is 0.453. The maximum absolute atomic E-state index is 4.53. The van der Waals surface area contributed by atoms with Gasteiger partial charge in [-0.05, 0) is 29.5 Å². The SMILES string of the molecule is CCN1CCN(c2cc(Nc3c(C(C)C)cccc3C(C)C)ncn2)CC1. The second-order valence-corrected chi connectivity index (χ2v) is 7.93. The van der Waals surface area contributed by atoms with Gasteiger partial charge >= 0.3 is 0 Å². The van der Waals surface area contributed by atoms with Crippen molar-refractivity contribution in [1.29, 1.82) is 0 Å². The first-order valence-corrected chi connectivity index (χ1v) is 10.2. The molecule has 1 fully saturated rings. The van der Waals surface area contributed by atoms with Crippen molar-refractivity contribution in [3.05, 3.63) is 41.7 Å². The van der Waals surface area contributed by atoms with Gasteiger partial charge in [-0.15, -0.1) is 0 Å². The Balaban J connectivity index is 1.85. The monoisotopic (exact) mass is 367 g/mol. The summed E-state index contributed by atoms with van der Waals surface area (Å²) in [5.74, 6) is 2.79. The number of para-hydroxylation sites is 1. The molecule has 2 heterocycles. The third kappa shape index (κ3) is 4.59. The Kier molecular flexibility index (Phi) is 6.32. The van der Waals surface area contributed by atoms with Crippen LogP contribution in [0.15, 0.2) is 30.6 Å². The molecule has 1 N–H and O–H groups in total. The molecular formula is C22H33N5. The smallest absolute Gasteiger partial charge is 0.135 e. The van der Waals surface area contributed by atoms with Gasteiger partial charge in [-0.2, -0.15) is 0 Å². The average molecular weight is 368 g/mol. The van der Waals surface area contributed by atoms with Crippen LogP contribution in [0.3, 0.4) is 0 Å². The van der Waals surface area contributed by atoms with E-state index in [1.807, 2.05) is 0 Å². The molecule has 0 aliphatic carbocycles. The first-order valence-electron chi connectivity index (χ1n) is 10.2. The van der Waals surface area contributed by atoms with Crippen LogP contribution in [0.25, 0.3) is 0 Å². The molecule has 2 aromatic rings. The molecule has 0 unspecified atom stereocenters. The molecule has 0 radical (unpaired) electrons. The zero-order valence-electron chi connectivity index (χ0n) is 17.4. The zero-order chi connectivity index (χ0) is 19.4. The van der Waals surface area contributed by atoms with Crippen molar-refractivity contribution < 1.29 is 0 Å². The summed E-state index contributed by atoms with van der Waals surface area (Å²) in [7, 11) is 0. The standard InChI is InChI=1S/C22H33N5/c1-6-26-10-12-27(13-11-26)21-14-20(23-15-24-21)25-22-18(16(2)3)8-7-9-19(22)17(4)5/h7-9,14-17H,6,10-13H2,1-5H3,(H,23,24,25). The van der Waals surface area contributed by atoms with E-state index in [-0.39, 0.29) is 0 Å². The van der Waals surface area contributed by atoms with Gasteiger partial charge in [0.1, 0.15) is 18.0 Å². The van der Waals surface area contributed by atoms with Crippen LogP contribution in [0.5, 0.6) is 0 Å². The number of likely N-dealkylation sites (N-methyl/N-ethyl adjacent to an activating group) is 1. The molecule has 0 atom stereocenters. The normalized spacial score (nSPS) is 15.6. The number of nitrogens with one attached hydrogen (secondary N) is 1. The van der Waals surface area contributed by atoms with Crippen LogP contribution in [-0.4, -0.2) is 47.6 Å². The molecule has 1 aliphatic heterocycles. The van der Waals surface area contributed by atoms with Gasteiger partial charge in [0.15, 0.2) is 0 Å². The summed E-state index contributed by atoms with van der Waals surface area (Å²) in [4.78, 5) is 13.9. The van der Waals surface area contributed by atoms with Crippen molar-refractivity contribution >= 4 is 17.3 Å². The van der Waals surface area contributed by atoms with Crippen molar-refractivity contribution in [3.8, 4) is 0 Å². The highest BCUT2D eigenvalue weighted by Crippen LogP contribution is 2.34. The van der Waals surface area contributed by atoms with Gasteiger partial charge in [0.2, 0.25) is 0 Å². The Labute approximate surface area is 163 Å². The van der Waals surface area contributed by atoms with Crippen molar-refractivity contribution in [2.24, 2.45) is 0 Å². The second kappa shape index (κ2) is 8.70. The van der Waals surface area contributed by atoms with E-state index in [4.69, 9.17) is 0 Å². The number of nitrogens with zero attached hydrogens (tertiary/aromatic N) is 4. The van der Waals surface area contributed by atoms with Crippen LogP contribution in [0.2, 0.25) is 0 Å². The first-order chi connectivity index (χ1) is 13.0. The Bertz CT molecular complexity index is 722. The largest absolute Gasteiger partial charge is 0.354 e. The Morgan fingerprint density at radius 2 is 1.59 bits per heavy atom. The maximum atomic E-state index is 4.53. The third-order valence-electron chi connectivity index (χ3n) is 5.42. The Morgan fingerprint density at radius 1 is 0.963 bits per heavy atom. The summed E-state index contributed by atoms with van der Waals surface area (Å²) in [6.45, 7) is 16.5. The number of benzene rings is 1. The maximum Gasteiger partial charge on any atom is 0.135 e. The fourth-order valence-corrected chi connectivity index (χ4v) is 3.70. The van der Waals surface area contributed by atoms with E-state index < -0.39 is 0 Å². The molecule has 1 saturated heterocycles. The highest BCUT2D eigenvalue weighted by molar-refractivity contribution is 5.68. The second-order valence-electron chi connectivity index (χ2n) is 7.93. The number of rotatable bonds is 6. The van der Waals surface area contributed by atoms with Crippen LogP contribution >= 0.6 is 0 Å². The van der Waals surface area contributed by atoms with Gasteiger partial charge in [0.25, 0.3) is 0 Å². The molecule has 1 aliphatic rings. The summed E-state index contributed by atoms with van der Waals surface area (Å²) < 4.78 is 0. The van der Waals surface area contributed by atoms with E-state index in [0.29, 0.717) is 11.8 Å². The summed E-state index contributed by atoms with van der Waals surface area (Å²) in [5.41, 5.74) is 3.86. The first kappa shape index (κ1) is 19.6. The lowest BCUT2D eigenvalue weighted by atomic mass is 9.92. The van der Waals surface area contributed by atoms with Crippen molar-refractivity contribution in [2.45, 2.75) is 46.5 Å². The van der Waals surface area contributed by atoms with Crippen LogP contribution in [-0.2, 0) is 0 Å². The van der Waals surface area contributed by atoms with Gasteiger partial charge < -0.3 is 15.1 Å². The molecule has 5 nitrogen and oxygen atoms in total. The molecule has 0 amide bonds. The van der Waals surface area contributed by atoms with Crippen LogP contribution in [0, 0.1) is 0 Å². The number of anilines is 3. The fraction of sp³-hybridized carbons (Fsp3) is 0.545. The number of hydrogen-bond acceptors (Lipinski definition) is 5. The molecule has 0 spiro atoms. The van der Waals surface area contributed by atoms with E-state index in [2.05, 4.69) is 84.0 Å². The summed E-state index contributed by atoms with van der Waals surface area (Å²) in [6.07, 6.45) is 1.68.